The van der Waals surface area contributed by atoms with Gasteiger partial charge in [-0.25, -0.2) is 9.59 Å². The van der Waals surface area contributed by atoms with Crippen molar-refractivity contribution in [3.05, 3.63) is 59.7 Å². The number of carboxylic acid groups (broad SMARTS) is 1. The number of carbonyl (C=O) groups excluding carboxylic acids is 1. The molecule has 0 bridgehead atoms. The predicted octanol–water partition coefficient (Wildman–Crippen LogP) is 2.94. The first-order valence-corrected chi connectivity index (χ1v) is 9.15. The topological polar surface area (TPSA) is 98.9 Å². The SMILES string of the molecule is CC(C)(C)OC[C@@](N)(C(=O)O)C(=O)OCC1c2ccccc2-c2ccccc21. The van der Waals surface area contributed by atoms with E-state index in [1.54, 1.807) is 20.8 Å². The molecule has 0 saturated carbocycles. The summed E-state index contributed by atoms with van der Waals surface area (Å²) in [7, 11) is 0. The molecule has 2 aromatic carbocycles. The highest BCUT2D eigenvalue weighted by atomic mass is 16.5. The molecule has 0 heterocycles. The fourth-order valence-corrected chi connectivity index (χ4v) is 3.27. The van der Waals surface area contributed by atoms with Crippen molar-refractivity contribution in [3.63, 3.8) is 0 Å². The van der Waals surface area contributed by atoms with E-state index in [2.05, 4.69) is 0 Å². The van der Waals surface area contributed by atoms with Crippen LogP contribution in [0, 0.1) is 0 Å². The van der Waals surface area contributed by atoms with Crippen molar-refractivity contribution in [3.8, 4) is 11.1 Å². The highest BCUT2D eigenvalue weighted by Gasteiger charge is 2.46. The van der Waals surface area contributed by atoms with Crippen LogP contribution in [-0.2, 0) is 19.1 Å². The molecule has 0 unspecified atom stereocenters. The van der Waals surface area contributed by atoms with Crippen molar-refractivity contribution in [1.82, 2.24) is 0 Å². The van der Waals surface area contributed by atoms with Crippen LogP contribution in [0.1, 0.15) is 37.8 Å². The number of nitrogens with two attached hydrogens (primary N) is 1. The van der Waals surface area contributed by atoms with E-state index in [9.17, 15) is 14.7 Å². The van der Waals surface area contributed by atoms with E-state index in [4.69, 9.17) is 15.2 Å². The van der Waals surface area contributed by atoms with Gasteiger partial charge in [-0.3, -0.25) is 0 Å². The average molecular weight is 383 g/mol. The number of carboxylic acids is 1. The molecule has 0 saturated heterocycles. The zero-order chi connectivity index (χ0) is 20.5. The van der Waals surface area contributed by atoms with E-state index in [0.29, 0.717) is 0 Å². The van der Waals surface area contributed by atoms with Crippen molar-refractivity contribution >= 4 is 11.9 Å². The largest absolute Gasteiger partial charge is 0.479 e. The summed E-state index contributed by atoms with van der Waals surface area (Å²) in [5.41, 5.74) is 7.24. The van der Waals surface area contributed by atoms with Crippen LogP contribution in [0.5, 0.6) is 0 Å². The molecule has 0 radical (unpaired) electrons. The maximum absolute atomic E-state index is 12.6. The number of carbonyl (C=O) groups is 2. The molecule has 0 amide bonds. The van der Waals surface area contributed by atoms with Gasteiger partial charge in [0.25, 0.3) is 0 Å². The fourth-order valence-electron chi connectivity index (χ4n) is 3.27. The van der Waals surface area contributed by atoms with Crippen LogP contribution >= 0.6 is 0 Å². The normalized spacial score (nSPS) is 15.4. The minimum atomic E-state index is -2.26. The van der Waals surface area contributed by atoms with Crippen LogP contribution in [0.25, 0.3) is 11.1 Å². The lowest BCUT2D eigenvalue weighted by molar-refractivity contribution is -0.167. The second-order valence-electron chi connectivity index (χ2n) is 8.00. The van der Waals surface area contributed by atoms with E-state index in [-0.39, 0.29) is 12.5 Å². The monoisotopic (exact) mass is 383 g/mol. The summed E-state index contributed by atoms with van der Waals surface area (Å²) in [4.78, 5) is 24.3. The molecule has 0 aliphatic heterocycles. The molecule has 1 aliphatic carbocycles. The molecule has 0 aromatic heterocycles. The Hall–Kier alpha value is -2.70. The Morgan fingerprint density at radius 1 is 1.00 bits per heavy atom. The van der Waals surface area contributed by atoms with Gasteiger partial charge in [-0.15, -0.1) is 0 Å². The minimum absolute atomic E-state index is 0.00854. The highest BCUT2D eigenvalue weighted by Crippen LogP contribution is 2.44. The number of ether oxygens (including phenoxy) is 2. The van der Waals surface area contributed by atoms with Crippen LogP contribution in [-0.4, -0.2) is 41.4 Å². The van der Waals surface area contributed by atoms with Crippen LogP contribution in [0.15, 0.2) is 48.5 Å². The van der Waals surface area contributed by atoms with Crippen molar-refractivity contribution in [2.75, 3.05) is 13.2 Å². The lowest BCUT2D eigenvalue weighted by atomic mass is 9.97. The minimum Gasteiger partial charge on any atom is -0.479 e. The van der Waals surface area contributed by atoms with E-state index < -0.39 is 29.7 Å². The van der Waals surface area contributed by atoms with Crippen LogP contribution < -0.4 is 5.73 Å². The van der Waals surface area contributed by atoms with Crippen molar-refractivity contribution in [2.24, 2.45) is 5.73 Å². The van der Waals surface area contributed by atoms with E-state index in [1.807, 2.05) is 48.5 Å². The molecule has 3 N–H and O–H groups in total. The second-order valence-corrected chi connectivity index (χ2v) is 8.00. The highest BCUT2D eigenvalue weighted by molar-refractivity contribution is 6.04. The lowest BCUT2D eigenvalue weighted by Crippen LogP contribution is -2.60. The van der Waals surface area contributed by atoms with E-state index in [0.717, 1.165) is 22.3 Å². The maximum Gasteiger partial charge on any atom is 0.340 e. The molecule has 2 aromatic rings. The molecular weight excluding hydrogens is 358 g/mol. The van der Waals surface area contributed by atoms with Crippen molar-refractivity contribution < 1.29 is 24.2 Å². The number of hydrogen-bond acceptors (Lipinski definition) is 5. The third-order valence-electron chi connectivity index (χ3n) is 4.82. The first-order valence-electron chi connectivity index (χ1n) is 9.15. The summed E-state index contributed by atoms with van der Waals surface area (Å²) in [6.07, 6.45) is 0. The van der Waals surface area contributed by atoms with Gasteiger partial charge in [0.15, 0.2) is 0 Å². The van der Waals surface area contributed by atoms with E-state index >= 15 is 0 Å². The van der Waals surface area contributed by atoms with Crippen LogP contribution in [0.4, 0.5) is 0 Å². The third-order valence-corrected chi connectivity index (χ3v) is 4.82. The maximum atomic E-state index is 12.6. The molecule has 1 aliphatic rings. The number of esters is 1. The second kappa shape index (κ2) is 7.37. The Morgan fingerprint density at radius 3 is 1.96 bits per heavy atom. The smallest absolute Gasteiger partial charge is 0.340 e. The number of rotatable bonds is 6. The van der Waals surface area contributed by atoms with Gasteiger partial charge in [-0.05, 0) is 43.0 Å². The first kappa shape index (κ1) is 20.0. The molecule has 0 spiro atoms. The van der Waals surface area contributed by atoms with E-state index in [1.165, 1.54) is 0 Å². The summed E-state index contributed by atoms with van der Waals surface area (Å²) in [5.74, 6) is -2.65. The summed E-state index contributed by atoms with van der Waals surface area (Å²) in [5, 5.41) is 9.50. The standard InChI is InChI=1S/C22H25NO5/c1-21(2,3)28-13-22(23,19(24)25)20(26)27-12-18-16-10-6-4-8-14(16)15-9-5-7-11-17(15)18/h4-11,18H,12-13,23H2,1-3H3,(H,24,25)/t22-/m1/s1. The molecule has 1 atom stereocenters. The van der Waals surface area contributed by atoms with Crippen LogP contribution in [0.3, 0.4) is 0 Å². The number of benzene rings is 2. The Labute approximate surface area is 164 Å². The van der Waals surface area contributed by atoms with Crippen molar-refractivity contribution in [2.45, 2.75) is 37.8 Å². The van der Waals surface area contributed by atoms with Gasteiger partial charge in [-0.2, -0.15) is 0 Å². The molecule has 0 fully saturated rings. The zero-order valence-electron chi connectivity index (χ0n) is 16.3. The Morgan fingerprint density at radius 2 is 1.50 bits per heavy atom. The van der Waals surface area contributed by atoms with Gasteiger partial charge in [0.2, 0.25) is 5.54 Å². The first-order chi connectivity index (χ1) is 13.1. The quantitative estimate of drug-likeness (QED) is 0.588. The van der Waals surface area contributed by atoms with Gasteiger partial charge >= 0.3 is 11.9 Å². The summed E-state index contributed by atoms with van der Waals surface area (Å²) in [6, 6.07) is 15.8. The fraction of sp³-hybridized carbons (Fsp3) is 0.364. The Balaban J connectivity index is 1.79. The Kier molecular flexibility index (Phi) is 5.28. The summed E-state index contributed by atoms with van der Waals surface area (Å²) < 4.78 is 10.9. The summed E-state index contributed by atoms with van der Waals surface area (Å²) in [6.45, 7) is 4.81. The molecule has 6 nitrogen and oxygen atoms in total. The zero-order valence-corrected chi connectivity index (χ0v) is 16.3. The number of hydrogen-bond donors (Lipinski definition) is 2. The molecule has 6 heteroatoms. The van der Waals surface area contributed by atoms with Crippen molar-refractivity contribution in [1.29, 1.82) is 0 Å². The predicted molar refractivity (Wildman–Crippen MR) is 105 cm³/mol. The average Bonchev–Trinajstić information content (AvgIpc) is 2.97. The van der Waals surface area contributed by atoms with Gasteiger partial charge < -0.3 is 20.3 Å². The molecular formula is C22H25NO5. The summed E-state index contributed by atoms with van der Waals surface area (Å²) >= 11 is 0. The lowest BCUT2D eigenvalue weighted by Gasteiger charge is -2.28. The molecule has 28 heavy (non-hydrogen) atoms. The third kappa shape index (κ3) is 3.79. The van der Waals surface area contributed by atoms with Gasteiger partial charge in [0.1, 0.15) is 6.61 Å². The van der Waals surface area contributed by atoms with Gasteiger partial charge in [0, 0.05) is 5.92 Å². The Bertz CT molecular complexity index is 856. The van der Waals surface area contributed by atoms with Gasteiger partial charge in [0.05, 0.1) is 12.2 Å². The number of aliphatic carboxylic acids is 1. The molecule has 148 valence electrons. The van der Waals surface area contributed by atoms with Crippen LogP contribution in [0.2, 0.25) is 0 Å². The van der Waals surface area contributed by atoms with Gasteiger partial charge in [-0.1, -0.05) is 48.5 Å². The molecule has 3 rings (SSSR count). The number of fused-ring (bicyclic) bond motifs is 3.